The van der Waals surface area contributed by atoms with E-state index in [1.54, 1.807) is 7.11 Å². The van der Waals surface area contributed by atoms with Crippen molar-refractivity contribution in [1.29, 1.82) is 5.41 Å². The molecule has 0 saturated carbocycles. The van der Waals surface area contributed by atoms with Crippen LogP contribution in [0.1, 0.15) is 47.0 Å². The molecule has 0 fully saturated rings. The van der Waals surface area contributed by atoms with Crippen LogP contribution in [0.2, 0.25) is 0 Å². The first-order chi connectivity index (χ1) is 11.5. The molecule has 0 aromatic rings. The molecule has 0 saturated heterocycles. The highest BCUT2D eigenvalue weighted by Crippen LogP contribution is 2.33. The SMILES string of the molecule is CCC(CC)/C(=C/C(C)=N)C1=NC(C2CC(OC)C=CS2)C(C)N1. The molecule has 24 heavy (non-hydrogen) atoms. The highest BCUT2D eigenvalue weighted by atomic mass is 32.2. The van der Waals surface area contributed by atoms with Crippen LogP contribution in [0.15, 0.2) is 28.1 Å². The van der Waals surface area contributed by atoms with Crippen LogP contribution >= 0.6 is 11.8 Å². The molecule has 5 heteroatoms. The van der Waals surface area contributed by atoms with Gasteiger partial charge in [0.2, 0.25) is 0 Å². The van der Waals surface area contributed by atoms with Crippen molar-refractivity contribution in [3.8, 4) is 0 Å². The van der Waals surface area contributed by atoms with Crippen LogP contribution in [-0.2, 0) is 4.74 Å². The Bertz CT molecular complexity index is 537. The molecule has 0 aromatic heterocycles. The maximum Gasteiger partial charge on any atom is 0.125 e. The number of aliphatic imine (C=N–C) groups is 1. The van der Waals surface area contributed by atoms with Crippen molar-refractivity contribution < 1.29 is 4.74 Å². The van der Waals surface area contributed by atoms with Gasteiger partial charge in [0.25, 0.3) is 0 Å². The van der Waals surface area contributed by atoms with E-state index in [1.807, 2.05) is 24.8 Å². The van der Waals surface area contributed by atoms with E-state index in [1.165, 1.54) is 5.57 Å². The largest absolute Gasteiger partial charge is 0.377 e. The topological polar surface area (TPSA) is 57.5 Å². The van der Waals surface area contributed by atoms with E-state index in [2.05, 4.69) is 37.6 Å². The van der Waals surface area contributed by atoms with Gasteiger partial charge in [0, 0.05) is 24.1 Å². The van der Waals surface area contributed by atoms with Crippen molar-refractivity contribution in [2.24, 2.45) is 10.9 Å². The Balaban J connectivity index is 2.23. The number of rotatable bonds is 7. The Labute approximate surface area is 150 Å². The Morgan fingerprint density at radius 2 is 2.21 bits per heavy atom. The molecule has 4 nitrogen and oxygen atoms in total. The second kappa shape index (κ2) is 8.86. The van der Waals surface area contributed by atoms with E-state index in [9.17, 15) is 0 Å². The zero-order chi connectivity index (χ0) is 17.7. The summed E-state index contributed by atoms with van der Waals surface area (Å²) in [5.41, 5.74) is 1.79. The number of thioether (sulfide) groups is 1. The molecule has 4 unspecified atom stereocenters. The van der Waals surface area contributed by atoms with Gasteiger partial charge in [-0.1, -0.05) is 13.8 Å². The fourth-order valence-corrected chi connectivity index (χ4v) is 4.72. The van der Waals surface area contributed by atoms with Crippen LogP contribution in [0.25, 0.3) is 0 Å². The normalized spacial score (nSPS) is 30.4. The average molecular weight is 350 g/mol. The predicted molar refractivity (Wildman–Crippen MR) is 105 cm³/mol. The number of nitrogens with one attached hydrogen (secondary N) is 2. The van der Waals surface area contributed by atoms with E-state index in [0.29, 0.717) is 22.9 Å². The van der Waals surface area contributed by atoms with Gasteiger partial charge in [-0.15, -0.1) is 11.8 Å². The molecule has 2 rings (SSSR count). The van der Waals surface area contributed by atoms with E-state index < -0.39 is 0 Å². The summed E-state index contributed by atoms with van der Waals surface area (Å²) in [5.74, 6) is 1.45. The van der Waals surface area contributed by atoms with Gasteiger partial charge in [-0.2, -0.15) is 0 Å². The van der Waals surface area contributed by atoms with Gasteiger partial charge in [0.1, 0.15) is 5.84 Å². The number of nitrogens with zero attached hydrogens (tertiary/aromatic N) is 1. The van der Waals surface area contributed by atoms with Crippen LogP contribution in [0, 0.1) is 11.3 Å². The van der Waals surface area contributed by atoms with Crippen molar-refractivity contribution in [3.05, 3.63) is 23.1 Å². The third-order valence-electron chi connectivity index (χ3n) is 4.92. The Kier molecular flexibility index (Phi) is 7.11. The Hall–Kier alpha value is -1.07. The molecule has 4 atom stereocenters. The number of allylic oxidation sites excluding steroid dienone is 1. The summed E-state index contributed by atoms with van der Waals surface area (Å²) in [6.45, 7) is 8.47. The van der Waals surface area contributed by atoms with Gasteiger partial charge < -0.3 is 15.5 Å². The monoisotopic (exact) mass is 349 g/mol. The van der Waals surface area contributed by atoms with E-state index in [-0.39, 0.29) is 12.1 Å². The predicted octanol–water partition coefficient (Wildman–Crippen LogP) is 4.18. The standard InChI is InChI=1S/C19H31N3OS/c1-6-14(7-2)16(10-12(3)20)19-21-13(4)18(22-19)17-11-15(23-5)8-9-24-17/h8-10,13-15,17-18,20H,6-7,11H2,1-5H3,(H,21,22)/b16-10-,20-12?. The second-order valence-corrected chi connectivity index (χ2v) is 7.86. The third kappa shape index (κ3) is 4.51. The molecule has 0 aromatic carbocycles. The maximum absolute atomic E-state index is 7.89. The number of hydrogen-bond donors (Lipinski definition) is 2. The van der Waals surface area contributed by atoms with Gasteiger partial charge >= 0.3 is 0 Å². The second-order valence-electron chi connectivity index (χ2n) is 6.71. The molecule has 134 valence electrons. The first-order valence-corrected chi connectivity index (χ1v) is 9.90. The van der Waals surface area contributed by atoms with Crippen molar-refractivity contribution in [3.63, 3.8) is 0 Å². The van der Waals surface area contributed by atoms with Crippen LogP contribution in [0.3, 0.4) is 0 Å². The highest BCUT2D eigenvalue weighted by Gasteiger charge is 2.36. The van der Waals surface area contributed by atoms with E-state index in [4.69, 9.17) is 15.1 Å². The molecule has 2 aliphatic heterocycles. The fraction of sp³-hybridized carbons (Fsp3) is 0.684. The van der Waals surface area contributed by atoms with Crippen LogP contribution < -0.4 is 5.32 Å². The van der Waals surface area contributed by atoms with E-state index in [0.717, 1.165) is 25.1 Å². The summed E-state index contributed by atoms with van der Waals surface area (Å²) < 4.78 is 5.51. The van der Waals surface area contributed by atoms with Crippen molar-refractivity contribution in [1.82, 2.24) is 5.32 Å². The molecular formula is C19H31N3OS. The first-order valence-electron chi connectivity index (χ1n) is 8.96. The minimum atomic E-state index is 0.195. The summed E-state index contributed by atoms with van der Waals surface area (Å²) >= 11 is 1.86. The van der Waals surface area contributed by atoms with E-state index >= 15 is 0 Å². The molecule has 2 N–H and O–H groups in total. The molecule has 0 bridgehead atoms. The van der Waals surface area contributed by atoms with Crippen LogP contribution in [0.4, 0.5) is 0 Å². The number of hydrogen-bond acceptors (Lipinski definition) is 5. The zero-order valence-corrected chi connectivity index (χ0v) is 16.3. The maximum atomic E-state index is 7.89. The minimum Gasteiger partial charge on any atom is -0.377 e. The summed E-state index contributed by atoms with van der Waals surface area (Å²) in [6.07, 6.45) is 7.46. The lowest BCUT2D eigenvalue weighted by atomic mass is 9.91. The van der Waals surface area contributed by atoms with Gasteiger partial charge in [-0.25, -0.2) is 0 Å². The lowest BCUT2D eigenvalue weighted by Gasteiger charge is -2.28. The van der Waals surface area contributed by atoms with Crippen molar-refractivity contribution in [2.75, 3.05) is 7.11 Å². The van der Waals surface area contributed by atoms with Crippen LogP contribution in [-0.4, -0.2) is 42.1 Å². The minimum absolute atomic E-state index is 0.195. The first kappa shape index (κ1) is 19.3. The van der Waals surface area contributed by atoms with Crippen LogP contribution in [0.5, 0.6) is 0 Å². The quantitative estimate of drug-likeness (QED) is 0.678. The molecule has 0 spiro atoms. The molecular weight excluding hydrogens is 318 g/mol. The molecule has 0 radical (unpaired) electrons. The highest BCUT2D eigenvalue weighted by molar-refractivity contribution is 8.02. The number of methoxy groups -OCH3 is 1. The smallest absolute Gasteiger partial charge is 0.125 e. The van der Waals surface area contributed by atoms with Gasteiger partial charge in [-0.05, 0) is 62.2 Å². The summed E-state index contributed by atoms with van der Waals surface area (Å²) in [4.78, 5) is 5.06. The lowest BCUT2D eigenvalue weighted by Crippen LogP contribution is -2.39. The van der Waals surface area contributed by atoms with Crippen molar-refractivity contribution >= 4 is 23.3 Å². The molecule has 0 aliphatic carbocycles. The average Bonchev–Trinajstić information content (AvgIpc) is 2.96. The summed E-state index contributed by atoms with van der Waals surface area (Å²) in [7, 11) is 1.77. The third-order valence-corrected chi connectivity index (χ3v) is 6.06. The summed E-state index contributed by atoms with van der Waals surface area (Å²) in [6, 6.07) is 0.557. The molecule has 2 heterocycles. The zero-order valence-electron chi connectivity index (χ0n) is 15.5. The van der Waals surface area contributed by atoms with Gasteiger partial charge in [0.05, 0.1) is 12.1 Å². The molecule has 2 aliphatic rings. The van der Waals surface area contributed by atoms with Crippen molar-refractivity contribution in [2.45, 2.75) is 70.4 Å². The van der Waals surface area contributed by atoms with Gasteiger partial charge in [-0.3, -0.25) is 4.99 Å². The Morgan fingerprint density at radius 1 is 1.50 bits per heavy atom. The lowest BCUT2D eigenvalue weighted by molar-refractivity contribution is 0.130. The fourth-order valence-electron chi connectivity index (χ4n) is 3.50. The number of ether oxygens (including phenoxy) is 1. The molecule has 0 amide bonds. The Morgan fingerprint density at radius 3 is 2.79 bits per heavy atom. The van der Waals surface area contributed by atoms with Gasteiger partial charge in [0.15, 0.2) is 0 Å². The number of amidine groups is 1. The summed E-state index contributed by atoms with van der Waals surface area (Å²) in [5, 5.41) is 14.1.